The third-order valence-electron chi connectivity index (χ3n) is 5.89. The van der Waals surface area contributed by atoms with Crippen molar-refractivity contribution in [1.82, 2.24) is 0 Å². The first kappa shape index (κ1) is 21.4. The van der Waals surface area contributed by atoms with Gasteiger partial charge >= 0.3 is 5.97 Å². The van der Waals surface area contributed by atoms with Crippen LogP contribution in [-0.2, 0) is 11.3 Å². The van der Waals surface area contributed by atoms with Gasteiger partial charge in [0, 0.05) is 11.1 Å². The molecule has 0 saturated carbocycles. The molecule has 0 amide bonds. The van der Waals surface area contributed by atoms with Gasteiger partial charge in [-0.1, -0.05) is 109 Å². The van der Waals surface area contributed by atoms with Crippen molar-refractivity contribution in [3.05, 3.63) is 128 Å². The van der Waals surface area contributed by atoms with Gasteiger partial charge < -0.3 is 5.11 Å². The van der Waals surface area contributed by atoms with Gasteiger partial charge in [0.2, 0.25) is 12.2 Å². The van der Waals surface area contributed by atoms with Crippen molar-refractivity contribution >= 4 is 5.97 Å². The second-order valence-electron chi connectivity index (χ2n) is 8.13. The number of pyridine rings is 1. The van der Waals surface area contributed by atoms with Crippen molar-refractivity contribution in [2.75, 3.05) is 0 Å². The van der Waals surface area contributed by atoms with Crippen LogP contribution < -0.4 is 4.57 Å². The molecule has 4 aromatic carbocycles. The molecular formula is C31H24NO2+. The molecule has 0 fully saturated rings. The topological polar surface area (TPSA) is 41.2 Å². The Morgan fingerprint density at radius 3 is 1.44 bits per heavy atom. The zero-order valence-electron chi connectivity index (χ0n) is 18.6. The molecule has 0 unspecified atom stereocenters. The summed E-state index contributed by atoms with van der Waals surface area (Å²) in [5.41, 5.74) is 8.10. The maximum Gasteiger partial charge on any atom is 0.370 e. The van der Waals surface area contributed by atoms with E-state index in [-0.39, 0.29) is 6.54 Å². The molecule has 3 heteroatoms. The van der Waals surface area contributed by atoms with E-state index >= 15 is 0 Å². The molecule has 0 aliphatic rings. The maximum absolute atomic E-state index is 12.0. The number of carboxylic acids is 1. The van der Waals surface area contributed by atoms with Gasteiger partial charge in [-0.3, -0.25) is 0 Å². The van der Waals surface area contributed by atoms with E-state index in [0.717, 1.165) is 44.6 Å². The lowest BCUT2D eigenvalue weighted by molar-refractivity contribution is -0.674. The van der Waals surface area contributed by atoms with Crippen molar-refractivity contribution < 1.29 is 14.5 Å². The lowest BCUT2D eigenvalue weighted by atomic mass is 9.86. The molecule has 164 valence electrons. The number of carbonyl (C=O) groups is 1. The number of aliphatic carboxylic acids is 1. The Balaban J connectivity index is 1.98. The van der Waals surface area contributed by atoms with Crippen molar-refractivity contribution in [3.63, 3.8) is 0 Å². The fraction of sp³-hybridized carbons (Fsp3) is 0.0323. The quantitative estimate of drug-likeness (QED) is 0.296. The molecule has 0 bridgehead atoms. The van der Waals surface area contributed by atoms with E-state index in [4.69, 9.17) is 0 Å². The summed E-state index contributed by atoms with van der Waals surface area (Å²) in [4.78, 5) is 12.0. The highest BCUT2D eigenvalue weighted by Crippen LogP contribution is 2.43. The highest BCUT2D eigenvalue weighted by atomic mass is 16.4. The Bertz CT molecular complexity index is 1410. The standard InChI is InChI=1S/C31H23NO2/c33-28(34)22-32-21-27(23-13-5-1-6-14-23)29(24-15-7-2-8-16-24)30(25-17-9-3-10-18-25)31(32)26-19-11-4-12-20-26/h1-21H,22H2/p+1. The zero-order valence-corrected chi connectivity index (χ0v) is 18.6. The summed E-state index contributed by atoms with van der Waals surface area (Å²) in [5.74, 6) is -0.882. The average Bonchev–Trinajstić information content (AvgIpc) is 2.89. The number of nitrogens with zero attached hydrogens (tertiary/aromatic N) is 1. The molecular weight excluding hydrogens is 418 g/mol. The van der Waals surface area contributed by atoms with E-state index in [1.165, 1.54) is 0 Å². The fourth-order valence-corrected chi connectivity index (χ4v) is 4.49. The molecule has 0 aliphatic carbocycles. The number of rotatable bonds is 6. The largest absolute Gasteiger partial charge is 0.477 e. The zero-order chi connectivity index (χ0) is 23.3. The third kappa shape index (κ3) is 4.24. The number of aromatic nitrogens is 1. The van der Waals surface area contributed by atoms with Crippen LogP contribution in [0.1, 0.15) is 0 Å². The summed E-state index contributed by atoms with van der Waals surface area (Å²) < 4.78 is 1.87. The van der Waals surface area contributed by atoms with Gasteiger partial charge in [-0.2, -0.15) is 4.57 Å². The van der Waals surface area contributed by atoms with Crippen LogP contribution in [0.3, 0.4) is 0 Å². The van der Waals surface area contributed by atoms with Crippen LogP contribution in [0.4, 0.5) is 0 Å². The number of hydrogen-bond acceptors (Lipinski definition) is 1. The van der Waals surface area contributed by atoms with Crippen LogP contribution in [0.25, 0.3) is 44.6 Å². The molecule has 1 heterocycles. The lowest BCUT2D eigenvalue weighted by Crippen LogP contribution is -2.41. The molecule has 0 saturated heterocycles. The van der Waals surface area contributed by atoms with E-state index in [1.54, 1.807) is 0 Å². The van der Waals surface area contributed by atoms with Crippen LogP contribution in [0, 0.1) is 0 Å². The normalized spacial score (nSPS) is 10.7. The summed E-state index contributed by atoms with van der Waals surface area (Å²) in [5, 5.41) is 9.83. The highest BCUT2D eigenvalue weighted by molar-refractivity contribution is 5.98. The molecule has 0 atom stereocenters. The van der Waals surface area contributed by atoms with Crippen molar-refractivity contribution in [2.24, 2.45) is 0 Å². The molecule has 1 aromatic heterocycles. The monoisotopic (exact) mass is 442 g/mol. The molecule has 1 N–H and O–H groups in total. The predicted molar refractivity (Wildman–Crippen MR) is 136 cm³/mol. The van der Waals surface area contributed by atoms with Crippen LogP contribution in [0.5, 0.6) is 0 Å². The Morgan fingerprint density at radius 1 is 0.559 bits per heavy atom. The molecule has 3 nitrogen and oxygen atoms in total. The van der Waals surface area contributed by atoms with Gasteiger partial charge in [0.1, 0.15) is 0 Å². The first-order valence-electron chi connectivity index (χ1n) is 11.3. The molecule has 5 rings (SSSR count). The molecule has 34 heavy (non-hydrogen) atoms. The van der Waals surface area contributed by atoms with Gasteiger partial charge in [-0.05, 0) is 28.8 Å². The van der Waals surface area contributed by atoms with E-state index in [0.29, 0.717) is 0 Å². The van der Waals surface area contributed by atoms with Crippen LogP contribution in [0.15, 0.2) is 128 Å². The smallest absolute Gasteiger partial charge is 0.370 e. The van der Waals surface area contributed by atoms with E-state index < -0.39 is 5.97 Å². The highest BCUT2D eigenvalue weighted by Gasteiger charge is 2.29. The molecule has 0 radical (unpaired) electrons. The average molecular weight is 443 g/mol. The SMILES string of the molecule is O=C(O)C[n+]1cc(-c2ccccc2)c(-c2ccccc2)c(-c2ccccc2)c1-c1ccccc1. The summed E-state index contributed by atoms with van der Waals surface area (Å²) in [6.45, 7) is -0.140. The van der Waals surface area contributed by atoms with E-state index in [1.807, 2.05) is 95.7 Å². The second kappa shape index (κ2) is 9.55. The van der Waals surface area contributed by atoms with Crippen molar-refractivity contribution in [3.8, 4) is 44.6 Å². The number of hydrogen-bond donors (Lipinski definition) is 1. The maximum atomic E-state index is 12.0. The predicted octanol–water partition coefficient (Wildman–Crippen LogP) is 6.73. The first-order chi connectivity index (χ1) is 16.7. The molecule has 0 aliphatic heterocycles. The lowest BCUT2D eigenvalue weighted by Gasteiger charge is -2.19. The van der Waals surface area contributed by atoms with Gasteiger partial charge in [-0.25, -0.2) is 4.79 Å². The minimum atomic E-state index is -0.882. The van der Waals surface area contributed by atoms with Crippen LogP contribution in [-0.4, -0.2) is 11.1 Å². The van der Waals surface area contributed by atoms with Gasteiger partial charge in [0.15, 0.2) is 6.20 Å². The Hall–Kier alpha value is -4.50. The third-order valence-corrected chi connectivity index (χ3v) is 5.89. The Labute approximate surface area is 199 Å². The Kier molecular flexibility index (Phi) is 6.00. The van der Waals surface area contributed by atoms with Gasteiger partial charge in [0.05, 0.1) is 11.1 Å². The summed E-state index contributed by atoms with van der Waals surface area (Å²) in [6, 6.07) is 40.8. The Morgan fingerprint density at radius 2 is 0.971 bits per heavy atom. The summed E-state index contributed by atoms with van der Waals surface area (Å²) in [7, 11) is 0. The number of benzene rings is 4. The van der Waals surface area contributed by atoms with E-state index in [2.05, 4.69) is 36.4 Å². The molecule has 5 aromatic rings. The summed E-state index contributed by atoms with van der Waals surface area (Å²) in [6.07, 6.45) is 1.99. The van der Waals surface area contributed by atoms with Crippen molar-refractivity contribution in [1.29, 1.82) is 0 Å². The van der Waals surface area contributed by atoms with E-state index in [9.17, 15) is 9.90 Å². The van der Waals surface area contributed by atoms with Crippen LogP contribution >= 0.6 is 0 Å². The van der Waals surface area contributed by atoms with Crippen LogP contribution in [0.2, 0.25) is 0 Å². The minimum absolute atomic E-state index is 0.140. The second-order valence-corrected chi connectivity index (χ2v) is 8.13. The van der Waals surface area contributed by atoms with Crippen molar-refractivity contribution in [2.45, 2.75) is 6.54 Å². The van der Waals surface area contributed by atoms with Gasteiger partial charge in [0.25, 0.3) is 0 Å². The number of carboxylic acid groups (broad SMARTS) is 1. The fourth-order valence-electron chi connectivity index (χ4n) is 4.49. The summed E-state index contributed by atoms with van der Waals surface area (Å²) >= 11 is 0. The minimum Gasteiger partial charge on any atom is -0.477 e. The first-order valence-corrected chi connectivity index (χ1v) is 11.3. The van der Waals surface area contributed by atoms with Gasteiger partial charge in [-0.15, -0.1) is 0 Å². The molecule has 0 spiro atoms.